The largest absolute Gasteiger partial charge is 0.308 e. The van der Waals surface area contributed by atoms with Crippen LogP contribution in [0.1, 0.15) is 44.6 Å². The molecule has 0 saturated heterocycles. The molecular formula is C12H23N3. The van der Waals surface area contributed by atoms with Crippen molar-refractivity contribution in [2.45, 2.75) is 40.2 Å². The van der Waals surface area contributed by atoms with Crippen LogP contribution in [0.5, 0.6) is 0 Å². The smallest absolute Gasteiger partial charge is 0.0597 e. The van der Waals surface area contributed by atoms with Crippen LogP contribution in [0, 0.1) is 12.8 Å². The lowest BCUT2D eigenvalue weighted by Crippen LogP contribution is -2.28. The molecule has 1 heterocycles. The van der Waals surface area contributed by atoms with Crippen LogP contribution in [0.25, 0.3) is 0 Å². The van der Waals surface area contributed by atoms with Crippen molar-refractivity contribution in [3.05, 3.63) is 17.5 Å². The minimum Gasteiger partial charge on any atom is -0.308 e. The third kappa shape index (κ3) is 3.06. The predicted octanol–water partition coefficient (Wildman–Crippen LogP) is 2.43. The Morgan fingerprint density at radius 1 is 1.47 bits per heavy atom. The minimum absolute atomic E-state index is 0.413. The fraction of sp³-hybridized carbons (Fsp3) is 0.750. The van der Waals surface area contributed by atoms with Gasteiger partial charge in [-0.25, -0.2) is 0 Å². The van der Waals surface area contributed by atoms with Crippen molar-refractivity contribution in [3.8, 4) is 0 Å². The molecule has 1 aromatic heterocycles. The molecule has 0 aliphatic rings. The van der Waals surface area contributed by atoms with E-state index < -0.39 is 0 Å². The Hall–Kier alpha value is -0.830. The summed E-state index contributed by atoms with van der Waals surface area (Å²) in [5.74, 6) is 0.589. The van der Waals surface area contributed by atoms with E-state index in [0.29, 0.717) is 12.0 Å². The Morgan fingerprint density at radius 2 is 2.13 bits per heavy atom. The molecule has 0 aromatic carbocycles. The molecule has 1 N–H and O–H groups in total. The van der Waals surface area contributed by atoms with Crippen LogP contribution in [0.2, 0.25) is 0 Å². The third-order valence-corrected chi connectivity index (χ3v) is 2.64. The molecule has 0 amide bonds. The molecule has 1 unspecified atom stereocenters. The van der Waals surface area contributed by atoms with Crippen LogP contribution < -0.4 is 5.32 Å². The van der Waals surface area contributed by atoms with Gasteiger partial charge in [0, 0.05) is 7.05 Å². The van der Waals surface area contributed by atoms with Crippen molar-refractivity contribution < 1.29 is 0 Å². The van der Waals surface area contributed by atoms with Gasteiger partial charge in [-0.05, 0) is 31.9 Å². The van der Waals surface area contributed by atoms with Crippen molar-refractivity contribution in [1.82, 2.24) is 15.1 Å². The Labute approximate surface area is 92.9 Å². The van der Waals surface area contributed by atoms with Gasteiger partial charge in [-0.3, -0.25) is 4.68 Å². The highest BCUT2D eigenvalue weighted by Crippen LogP contribution is 2.21. The molecule has 0 bridgehead atoms. The maximum Gasteiger partial charge on any atom is 0.0597 e. The number of aryl methyl sites for hydroxylation is 2. The van der Waals surface area contributed by atoms with E-state index in [1.807, 2.05) is 18.7 Å². The first-order valence-electron chi connectivity index (χ1n) is 5.80. The predicted molar refractivity (Wildman–Crippen MR) is 63.8 cm³/mol. The fourth-order valence-electron chi connectivity index (χ4n) is 1.90. The van der Waals surface area contributed by atoms with Gasteiger partial charge < -0.3 is 5.32 Å². The third-order valence-electron chi connectivity index (χ3n) is 2.64. The summed E-state index contributed by atoms with van der Waals surface area (Å²) >= 11 is 0. The SMILES string of the molecule is CCCNC(c1cc(C)nn1C)C(C)C. The van der Waals surface area contributed by atoms with Crippen LogP contribution >= 0.6 is 0 Å². The molecule has 1 atom stereocenters. The van der Waals surface area contributed by atoms with Crippen LogP contribution in [-0.4, -0.2) is 16.3 Å². The van der Waals surface area contributed by atoms with Crippen molar-refractivity contribution in [1.29, 1.82) is 0 Å². The summed E-state index contributed by atoms with van der Waals surface area (Å²) in [6.45, 7) is 9.79. The highest BCUT2D eigenvalue weighted by Gasteiger charge is 2.18. The molecule has 0 aliphatic heterocycles. The topological polar surface area (TPSA) is 29.9 Å². The Balaban J connectivity index is 2.83. The number of hydrogen-bond donors (Lipinski definition) is 1. The summed E-state index contributed by atoms with van der Waals surface area (Å²) in [6, 6.07) is 2.59. The van der Waals surface area contributed by atoms with E-state index in [4.69, 9.17) is 0 Å². The van der Waals surface area contributed by atoms with Gasteiger partial charge >= 0.3 is 0 Å². The first kappa shape index (κ1) is 12.2. The molecule has 0 saturated carbocycles. The zero-order chi connectivity index (χ0) is 11.4. The molecule has 0 aliphatic carbocycles. The van der Waals surface area contributed by atoms with E-state index in [2.05, 4.69) is 37.3 Å². The number of nitrogens with one attached hydrogen (secondary N) is 1. The zero-order valence-corrected chi connectivity index (χ0v) is 10.5. The van der Waals surface area contributed by atoms with Gasteiger partial charge in [0.1, 0.15) is 0 Å². The molecule has 3 heteroatoms. The second-order valence-electron chi connectivity index (χ2n) is 4.51. The lowest BCUT2D eigenvalue weighted by Gasteiger charge is -2.22. The van der Waals surface area contributed by atoms with E-state index in [-0.39, 0.29) is 0 Å². The van der Waals surface area contributed by atoms with Crippen LogP contribution in [-0.2, 0) is 7.05 Å². The first-order valence-corrected chi connectivity index (χ1v) is 5.80. The van der Waals surface area contributed by atoms with Crippen molar-refractivity contribution in [2.24, 2.45) is 13.0 Å². The maximum atomic E-state index is 4.40. The number of nitrogens with zero attached hydrogens (tertiary/aromatic N) is 2. The Morgan fingerprint density at radius 3 is 2.53 bits per heavy atom. The van der Waals surface area contributed by atoms with E-state index in [1.165, 1.54) is 12.1 Å². The molecule has 1 rings (SSSR count). The van der Waals surface area contributed by atoms with Gasteiger partial charge in [-0.15, -0.1) is 0 Å². The second kappa shape index (κ2) is 5.31. The molecule has 3 nitrogen and oxygen atoms in total. The standard InChI is InChI=1S/C12H23N3/c1-6-7-13-12(9(2)3)11-8-10(4)14-15(11)5/h8-9,12-13H,6-7H2,1-5H3. The lowest BCUT2D eigenvalue weighted by molar-refractivity contribution is 0.391. The maximum absolute atomic E-state index is 4.40. The van der Waals surface area contributed by atoms with Gasteiger partial charge in [0.05, 0.1) is 17.4 Å². The van der Waals surface area contributed by atoms with Gasteiger partial charge in [-0.1, -0.05) is 20.8 Å². The number of rotatable bonds is 5. The minimum atomic E-state index is 0.413. The van der Waals surface area contributed by atoms with Crippen LogP contribution in [0.3, 0.4) is 0 Å². The van der Waals surface area contributed by atoms with Crippen LogP contribution in [0.15, 0.2) is 6.07 Å². The van der Waals surface area contributed by atoms with Gasteiger partial charge in [0.2, 0.25) is 0 Å². The van der Waals surface area contributed by atoms with Crippen LogP contribution in [0.4, 0.5) is 0 Å². The molecule has 1 aromatic rings. The van der Waals surface area contributed by atoms with E-state index in [0.717, 1.165) is 12.2 Å². The quantitative estimate of drug-likeness (QED) is 0.807. The lowest BCUT2D eigenvalue weighted by atomic mass is 10.0. The van der Waals surface area contributed by atoms with E-state index >= 15 is 0 Å². The van der Waals surface area contributed by atoms with Crippen molar-refractivity contribution in [3.63, 3.8) is 0 Å². The van der Waals surface area contributed by atoms with Gasteiger partial charge in [-0.2, -0.15) is 5.10 Å². The molecule has 0 radical (unpaired) electrons. The summed E-state index contributed by atoms with van der Waals surface area (Å²) < 4.78 is 1.99. The van der Waals surface area contributed by atoms with E-state index in [9.17, 15) is 0 Å². The molecule has 0 fully saturated rings. The summed E-state index contributed by atoms with van der Waals surface area (Å²) in [6.07, 6.45) is 1.17. The highest BCUT2D eigenvalue weighted by atomic mass is 15.3. The number of hydrogen-bond acceptors (Lipinski definition) is 2. The molecule has 0 spiro atoms. The Bertz CT molecular complexity index is 302. The first-order chi connectivity index (χ1) is 7.06. The average molecular weight is 209 g/mol. The number of aromatic nitrogens is 2. The average Bonchev–Trinajstić information content (AvgIpc) is 2.46. The summed E-state index contributed by atoms with van der Waals surface area (Å²) in [7, 11) is 2.02. The van der Waals surface area contributed by atoms with Crippen molar-refractivity contribution in [2.75, 3.05) is 6.54 Å². The van der Waals surface area contributed by atoms with Gasteiger partial charge in [0.25, 0.3) is 0 Å². The summed E-state index contributed by atoms with van der Waals surface area (Å²) in [4.78, 5) is 0. The van der Waals surface area contributed by atoms with E-state index in [1.54, 1.807) is 0 Å². The normalized spacial score (nSPS) is 13.5. The van der Waals surface area contributed by atoms with Gasteiger partial charge in [0.15, 0.2) is 0 Å². The Kier molecular flexibility index (Phi) is 4.33. The highest BCUT2D eigenvalue weighted by molar-refractivity contribution is 5.13. The second-order valence-corrected chi connectivity index (χ2v) is 4.51. The fourth-order valence-corrected chi connectivity index (χ4v) is 1.90. The summed E-state index contributed by atoms with van der Waals surface area (Å²) in [5.41, 5.74) is 2.38. The molecule has 15 heavy (non-hydrogen) atoms. The summed E-state index contributed by atoms with van der Waals surface area (Å²) in [5, 5.41) is 7.98. The molecular weight excluding hydrogens is 186 g/mol. The monoisotopic (exact) mass is 209 g/mol. The zero-order valence-electron chi connectivity index (χ0n) is 10.5. The molecule has 86 valence electrons. The van der Waals surface area contributed by atoms with Crippen molar-refractivity contribution >= 4 is 0 Å².